The molecule has 1 unspecified atom stereocenters. The number of carbonyl (C=O) groups is 3. The van der Waals surface area contributed by atoms with Crippen LogP contribution >= 0.6 is 0 Å². The van der Waals surface area contributed by atoms with Crippen molar-refractivity contribution < 1.29 is 47.2 Å². The zero-order valence-corrected chi connectivity index (χ0v) is 39.8. The number of benzene rings is 2. The molecule has 13 nitrogen and oxygen atoms in total. The third-order valence-corrected chi connectivity index (χ3v) is 16.9. The molecule has 3 aromatic rings. The number of methoxy groups -OCH3 is 3. The minimum atomic E-state index is -2.97. The predicted octanol–water partition coefficient (Wildman–Crippen LogP) is 6.50. The molecule has 2 aromatic carbocycles. The summed E-state index contributed by atoms with van der Waals surface area (Å²) in [5, 5.41) is 14.4. The number of rotatable bonds is 9. The first-order valence-electron chi connectivity index (χ1n) is 24.0. The Balaban J connectivity index is 1.34. The van der Waals surface area contributed by atoms with Crippen molar-refractivity contribution in [1.82, 2.24) is 14.8 Å². The van der Waals surface area contributed by atoms with Crippen LogP contribution in [-0.2, 0) is 45.8 Å². The van der Waals surface area contributed by atoms with Crippen LogP contribution in [0.3, 0.4) is 0 Å². The molecule has 3 fully saturated rings. The molecule has 358 valence electrons. The summed E-state index contributed by atoms with van der Waals surface area (Å²) in [6.45, 7) is 10.7. The molecule has 6 heterocycles. The Kier molecular flexibility index (Phi) is 11.8. The van der Waals surface area contributed by atoms with Crippen molar-refractivity contribution in [1.29, 1.82) is 0 Å². The van der Waals surface area contributed by atoms with Gasteiger partial charge in [-0.3, -0.25) is 14.5 Å². The number of nitrogens with one attached hydrogen (secondary N) is 1. The topological polar surface area (TPSA) is 137 Å². The van der Waals surface area contributed by atoms with Gasteiger partial charge in [0.15, 0.2) is 6.10 Å². The average Bonchev–Trinajstić information content (AvgIpc) is 4.11. The van der Waals surface area contributed by atoms with Gasteiger partial charge in [0.25, 0.3) is 0 Å². The van der Waals surface area contributed by atoms with Crippen LogP contribution in [0.4, 0.5) is 20.2 Å². The van der Waals surface area contributed by atoms with Crippen molar-refractivity contribution >= 4 is 40.2 Å². The van der Waals surface area contributed by atoms with Crippen molar-refractivity contribution in [3.8, 4) is 5.75 Å². The number of aromatic amines is 1. The van der Waals surface area contributed by atoms with Crippen LogP contribution < -0.4 is 14.5 Å². The summed E-state index contributed by atoms with van der Waals surface area (Å²) in [6, 6.07) is 8.97. The van der Waals surface area contributed by atoms with E-state index in [-0.39, 0.29) is 31.8 Å². The first kappa shape index (κ1) is 46.4. The van der Waals surface area contributed by atoms with Gasteiger partial charge >= 0.3 is 17.9 Å². The number of likely N-dealkylation sites (N-methyl/N-ethyl adjacent to an activating group) is 2. The largest absolute Gasteiger partial charge is 0.496 e. The van der Waals surface area contributed by atoms with E-state index < -0.39 is 63.7 Å². The molecule has 0 radical (unpaired) electrons. The summed E-state index contributed by atoms with van der Waals surface area (Å²) in [6.07, 6.45) is 6.89. The number of alkyl halides is 2. The Labute approximate surface area is 386 Å². The average molecular weight is 916 g/mol. The first-order valence-corrected chi connectivity index (χ1v) is 24.0. The molecule has 1 aromatic heterocycles. The summed E-state index contributed by atoms with van der Waals surface area (Å²) in [4.78, 5) is 55.6. The normalized spacial score (nSPS) is 32.3. The number of ether oxygens (including phenoxy) is 4. The van der Waals surface area contributed by atoms with E-state index >= 15 is 13.6 Å². The second-order valence-corrected chi connectivity index (χ2v) is 19.9. The number of hydrogen-bond donors (Lipinski definition) is 2. The second-order valence-electron chi connectivity index (χ2n) is 19.9. The minimum Gasteiger partial charge on any atom is -0.496 e. The summed E-state index contributed by atoms with van der Waals surface area (Å²) in [5.41, 5.74) is -0.483. The molecule has 1 aliphatic carbocycles. The van der Waals surface area contributed by atoms with Gasteiger partial charge in [0, 0.05) is 109 Å². The lowest BCUT2D eigenvalue weighted by Crippen LogP contribution is -2.81. The van der Waals surface area contributed by atoms with E-state index in [0.29, 0.717) is 68.1 Å². The molecular weight excluding hydrogens is 849 g/mol. The molecule has 15 heteroatoms. The Bertz CT molecular complexity index is 2430. The van der Waals surface area contributed by atoms with Gasteiger partial charge in [-0.2, -0.15) is 0 Å². The van der Waals surface area contributed by atoms with Gasteiger partial charge in [0.1, 0.15) is 11.2 Å². The molecule has 6 aliphatic rings. The molecule has 9 rings (SSSR count). The number of carbonyl (C=O) groups excluding carboxylic acids is 3. The number of anilines is 2. The lowest BCUT2D eigenvalue weighted by Gasteiger charge is -2.63. The van der Waals surface area contributed by atoms with E-state index in [9.17, 15) is 14.7 Å². The maximum Gasteiger partial charge on any atom is 0.344 e. The number of aromatic nitrogens is 1. The van der Waals surface area contributed by atoms with Gasteiger partial charge in [0.2, 0.25) is 11.5 Å². The molecular formula is C51H67F2N5O8. The van der Waals surface area contributed by atoms with Crippen LogP contribution in [0.2, 0.25) is 0 Å². The van der Waals surface area contributed by atoms with E-state index in [0.717, 1.165) is 60.6 Å². The Morgan fingerprint density at radius 1 is 0.939 bits per heavy atom. The molecule has 1 spiro atoms. The number of aliphatic hydroxyl groups is 1. The van der Waals surface area contributed by atoms with Crippen molar-refractivity contribution in [2.45, 2.75) is 120 Å². The minimum absolute atomic E-state index is 0.121. The number of H-pyrrole nitrogens is 1. The van der Waals surface area contributed by atoms with Crippen molar-refractivity contribution in [2.24, 2.45) is 11.3 Å². The Morgan fingerprint density at radius 3 is 2.33 bits per heavy atom. The van der Waals surface area contributed by atoms with E-state index in [1.807, 2.05) is 50.1 Å². The van der Waals surface area contributed by atoms with E-state index in [1.165, 1.54) is 21.1 Å². The van der Waals surface area contributed by atoms with Crippen LogP contribution in [0.5, 0.6) is 5.75 Å². The fourth-order valence-electron chi connectivity index (χ4n) is 14.1. The third kappa shape index (κ3) is 6.55. The number of hydrogen-bond acceptors (Lipinski definition) is 12. The fourth-order valence-corrected chi connectivity index (χ4v) is 14.1. The highest BCUT2D eigenvalue weighted by molar-refractivity contribution is 5.96. The first-order chi connectivity index (χ1) is 31.5. The van der Waals surface area contributed by atoms with Crippen LogP contribution in [0.25, 0.3) is 10.9 Å². The Hall–Kier alpha value is -4.73. The standard InChI is InChI=1S/C51H67F2N5O8/c1-9-48-19-14-24-58-26-21-50(42(48)58)36-28-37(40(63-6)29-39(36)55(5)43(50)51(62,46(61)65-8)44(48)66-31(3)59)49(45(60)64-7)20-13-15-32(47(4,52)53)30-56(10-2)25-18-34-35-27-33(57-22-11-12-23-57)16-17-38(35)54-41(34)49/h14,16-17,19,27-29,32,42-44,54,62H,9-13,15,18,20-26,30H2,1-8H3/t32?,42-,43+,44+,48+,49-,50+,51-/m0/s1. The molecule has 0 amide bonds. The summed E-state index contributed by atoms with van der Waals surface area (Å²) in [7, 11) is 5.99. The summed E-state index contributed by atoms with van der Waals surface area (Å²) >= 11 is 0. The van der Waals surface area contributed by atoms with Crippen LogP contribution in [0, 0.1) is 11.3 Å². The third-order valence-electron chi connectivity index (χ3n) is 16.9. The number of fused-ring (bicyclic) bond motifs is 4. The fraction of sp³-hybridized carbons (Fsp3) is 0.627. The quantitative estimate of drug-likeness (QED) is 0.138. The smallest absolute Gasteiger partial charge is 0.344 e. The molecule has 2 saturated heterocycles. The highest BCUT2D eigenvalue weighted by Gasteiger charge is 2.80. The van der Waals surface area contributed by atoms with Crippen molar-refractivity contribution in [3.63, 3.8) is 0 Å². The highest BCUT2D eigenvalue weighted by Crippen LogP contribution is 2.68. The van der Waals surface area contributed by atoms with Gasteiger partial charge < -0.3 is 43.7 Å². The molecule has 5 aliphatic heterocycles. The molecule has 0 bridgehead atoms. The van der Waals surface area contributed by atoms with Gasteiger partial charge in [-0.25, -0.2) is 13.6 Å². The van der Waals surface area contributed by atoms with Gasteiger partial charge in [0.05, 0.1) is 27.4 Å². The van der Waals surface area contributed by atoms with Crippen molar-refractivity contribution in [3.05, 3.63) is 64.9 Å². The molecule has 66 heavy (non-hydrogen) atoms. The predicted molar refractivity (Wildman–Crippen MR) is 248 cm³/mol. The van der Waals surface area contributed by atoms with Gasteiger partial charge in [-0.1, -0.05) is 32.4 Å². The van der Waals surface area contributed by atoms with E-state index in [2.05, 4.69) is 37.9 Å². The summed E-state index contributed by atoms with van der Waals surface area (Å²) in [5.74, 6) is -5.67. The van der Waals surface area contributed by atoms with Crippen LogP contribution in [0.15, 0.2) is 42.5 Å². The number of nitrogens with zero attached hydrogens (tertiary/aromatic N) is 4. The zero-order chi connectivity index (χ0) is 47.1. The van der Waals surface area contributed by atoms with E-state index in [4.69, 9.17) is 18.9 Å². The maximum atomic E-state index is 15.7. The molecule has 2 N–H and O–H groups in total. The maximum absolute atomic E-state index is 15.7. The van der Waals surface area contributed by atoms with Gasteiger partial charge in [-0.05, 0) is 100 Å². The Morgan fingerprint density at radius 2 is 1.68 bits per heavy atom. The van der Waals surface area contributed by atoms with E-state index in [1.54, 1.807) is 7.11 Å². The summed E-state index contributed by atoms with van der Waals surface area (Å²) < 4.78 is 55.3. The van der Waals surface area contributed by atoms with Gasteiger partial charge in [-0.15, -0.1) is 0 Å². The lowest BCUT2D eigenvalue weighted by molar-refractivity contribution is -0.228. The van der Waals surface area contributed by atoms with Crippen molar-refractivity contribution in [2.75, 3.05) is 84.0 Å². The van der Waals surface area contributed by atoms with Crippen LogP contribution in [0.1, 0.15) is 95.0 Å². The second kappa shape index (κ2) is 16.8. The lowest BCUT2D eigenvalue weighted by atomic mass is 9.47. The zero-order valence-electron chi connectivity index (χ0n) is 39.8. The van der Waals surface area contributed by atoms with Crippen LogP contribution in [-0.4, -0.2) is 142 Å². The number of esters is 3. The molecule has 8 atom stereocenters. The highest BCUT2D eigenvalue weighted by atomic mass is 19.3. The SMILES string of the molecule is CCN1CCc2c([nH]c3ccc(N4CCCC4)cc23)[C@@](C(=O)OC)(c2cc3c(cc2OC)N(C)[C@H]2[C@@](O)(C(=O)OC)[C@H](OC(C)=O)[C@]4(CC)C=CCN5CC[C@]32[C@@H]54)CCCC(C(C)(F)F)C1. The molecule has 1 saturated carbocycles. The number of halogens is 2. The monoisotopic (exact) mass is 915 g/mol.